The summed E-state index contributed by atoms with van der Waals surface area (Å²) in [5.74, 6) is 0.0399. The van der Waals surface area contributed by atoms with E-state index in [1.54, 1.807) is 11.3 Å². The van der Waals surface area contributed by atoms with Crippen LogP contribution in [0.4, 0.5) is 5.13 Å². The minimum atomic E-state index is 0.0399. The molecular weight excluding hydrogens is 354 g/mol. The average Bonchev–Trinajstić information content (AvgIpc) is 3.08. The monoisotopic (exact) mass is 382 g/mol. The van der Waals surface area contributed by atoms with Crippen LogP contribution < -0.4 is 9.80 Å². The fourth-order valence-corrected chi connectivity index (χ4v) is 4.32. The third-order valence-corrected chi connectivity index (χ3v) is 6.12. The molecule has 0 aliphatic rings. The van der Waals surface area contributed by atoms with E-state index in [4.69, 9.17) is 4.98 Å². The standard InChI is InChI=1S/C22H27N3OS/c1-5-24(6-2)13-14-25(21(26)18-12-11-16(3)15-17(18)4)22-23-19-9-7-8-10-20(19)27-22/h7-12,15H,5-6,13-14H2,1-4H3/p+1. The van der Waals surface area contributed by atoms with Gasteiger partial charge >= 0.3 is 0 Å². The van der Waals surface area contributed by atoms with Crippen LogP contribution in [-0.4, -0.2) is 37.1 Å². The molecule has 1 aromatic heterocycles. The number of quaternary nitrogens is 1. The number of rotatable bonds is 7. The quantitative estimate of drug-likeness (QED) is 0.679. The van der Waals surface area contributed by atoms with Gasteiger partial charge in [-0.1, -0.05) is 41.2 Å². The van der Waals surface area contributed by atoms with E-state index in [0.29, 0.717) is 6.54 Å². The van der Waals surface area contributed by atoms with Gasteiger partial charge in [0, 0.05) is 5.56 Å². The van der Waals surface area contributed by atoms with Crippen molar-refractivity contribution in [3.8, 4) is 0 Å². The van der Waals surface area contributed by atoms with Gasteiger partial charge in [-0.05, 0) is 51.5 Å². The summed E-state index contributed by atoms with van der Waals surface area (Å²) in [6, 6.07) is 14.1. The Morgan fingerprint density at radius 3 is 2.52 bits per heavy atom. The van der Waals surface area contributed by atoms with E-state index in [1.165, 1.54) is 10.5 Å². The van der Waals surface area contributed by atoms with Crippen LogP contribution in [0.25, 0.3) is 10.2 Å². The second-order valence-corrected chi connectivity index (χ2v) is 7.96. The number of carbonyl (C=O) groups excluding carboxylic acids is 1. The third-order valence-electron chi connectivity index (χ3n) is 5.06. The lowest BCUT2D eigenvalue weighted by atomic mass is 10.0. The Bertz CT molecular complexity index is 897. The third kappa shape index (κ3) is 4.37. The minimum absolute atomic E-state index is 0.0399. The summed E-state index contributed by atoms with van der Waals surface area (Å²) in [4.78, 5) is 21.5. The predicted octanol–water partition coefficient (Wildman–Crippen LogP) is 3.48. The van der Waals surface area contributed by atoms with Gasteiger partial charge in [-0.3, -0.25) is 9.69 Å². The molecule has 0 unspecified atom stereocenters. The molecule has 0 saturated heterocycles. The van der Waals surface area contributed by atoms with Gasteiger partial charge in [-0.25, -0.2) is 4.98 Å². The largest absolute Gasteiger partial charge is 0.334 e. The van der Waals surface area contributed by atoms with Crippen molar-refractivity contribution in [2.24, 2.45) is 0 Å². The van der Waals surface area contributed by atoms with Crippen molar-refractivity contribution in [3.63, 3.8) is 0 Å². The maximum Gasteiger partial charge on any atom is 0.260 e. The number of amides is 1. The number of nitrogens with zero attached hydrogens (tertiary/aromatic N) is 2. The highest BCUT2D eigenvalue weighted by atomic mass is 32.1. The molecule has 0 atom stereocenters. The van der Waals surface area contributed by atoms with Crippen LogP contribution in [0.1, 0.15) is 35.3 Å². The SMILES string of the molecule is CC[NH+](CC)CCN(C(=O)c1ccc(C)cc1C)c1nc2ccccc2s1. The Balaban J connectivity index is 1.96. The number of benzene rings is 2. The van der Waals surface area contributed by atoms with Crippen molar-refractivity contribution < 1.29 is 9.69 Å². The maximum atomic E-state index is 13.4. The van der Waals surface area contributed by atoms with Crippen molar-refractivity contribution in [1.29, 1.82) is 0 Å². The van der Waals surface area contributed by atoms with Crippen molar-refractivity contribution in [2.45, 2.75) is 27.7 Å². The number of anilines is 1. The second kappa shape index (κ2) is 8.63. The smallest absolute Gasteiger partial charge is 0.260 e. The van der Waals surface area contributed by atoms with Crippen LogP contribution in [0.3, 0.4) is 0 Å². The van der Waals surface area contributed by atoms with Crippen molar-refractivity contribution in [3.05, 3.63) is 59.2 Å². The zero-order valence-corrected chi connectivity index (χ0v) is 17.4. The predicted molar refractivity (Wildman–Crippen MR) is 114 cm³/mol. The molecule has 0 aliphatic carbocycles. The Hall–Kier alpha value is -2.24. The molecule has 27 heavy (non-hydrogen) atoms. The number of likely N-dealkylation sites (N-methyl/N-ethyl adjacent to an activating group) is 1. The van der Waals surface area contributed by atoms with E-state index in [1.807, 2.05) is 42.2 Å². The van der Waals surface area contributed by atoms with Crippen molar-refractivity contribution in [2.75, 3.05) is 31.1 Å². The van der Waals surface area contributed by atoms with E-state index >= 15 is 0 Å². The minimum Gasteiger partial charge on any atom is -0.334 e. The molecule has 2 aromatic carbocycles. The van der Waals surface area contributed by atoms with Crippen LogP contribution in [0, 0.1) is 13.8 Å². The summed E-state index contributed by atoms with van der Waals surface area (Å²) >= 11 is 1.59. The molecule has 0 aliphatic heterocycles. The summed E-state index contributed by atoms with van der Waals surface area (Å²) in [7, 11) is 0. The molecule has 3 rings (SSSR count). The van der Waals surface area contributed by atoms with Gasteiger partial charge in [-0.2, -0.15) is 0 Å². The number of thiazole rings is 1. The van der Waals surface area contributed by atoms with E-state index < -0.39 is 0 Å². The molecule has 1 amide bonds. The zero-order valence-electron chi connectivity index (χ0n) is 16.6. The summed E-state index contributed by atoms with van der Waals surface area (Å²) in [6.45, 7) is 12.1. The summed E-state index contributed by atoms with van der Waals surface area (Å²) in [5, 5.41) is 0.785. The van der Waals surface area contributed by atoms with Crippen molar-refractivity contribution in [1.82, 2.24) is 4.98 Å². The number of para-hydroxylation sites is 1. The summed E-state index contributed by atoms with van der Waals surface area (Å²) in [6.07, 6.45) is 0. The fraction of sp³-hybridized carbons (Fsp3) is 0.364. The number of aromatic nitrogens is 1. The molecule has 4 nitrogen and oxygen atoms in total. The van der Waals surface area contributed by atoms with Crippen LogP contribution in [-0.2, 0) is 0 Å². The molecule has 0 radical (unpaired) electrons. The van der Waals surface area contributed by atoms with E-state index in [0.717, 1.165) is 46.1 Å². The van der Waals surface area contributed by atoms with E-state index in [2.05, 4.69) is 32.9 Å². The van der Waals surface area contributed by atoms with Crippen LogP contribution in [0.5, 0.6) is 0 Å². The van der Waals surface area contributed by atoms with Gasteiger partial charge < -0.3 is 4.90 Å². The molecule has 5 heteroatoms. The number of aryl methyl sites for hydroxylation is 2. The summed E-state index contributed by atoms with van der Waals surface area (Å²) < 4.78 is 1.11. The number of carbonyl (C=O) groups is 1. The molecule has 3 aromatic rings. The van der Waals surface area contributed by atoms with Crippen LogP contribution in [0.15, 0.2) is 42.5 Å². The van der Waals surface area contributed by atoms with Gasteiger partial charge in [-0.15, -0.1) is 0 Å². The molecule has 1 N–H and O–H groups in total. The lowest BCUT2D eigenvalue weighted by Gasteiger charge is -2.23. The summed E-state index contributed by atoms with van der Waals surface area (Å²) in [5.41, 5.74) is 3.89. The highest BCUT2D eigenvalue weighted by molar-refractivity contribution is 7.22. The van der Waals surface area contributed by atoms with Gasteiger partial charge in [0.1, 0.15) is 0 Å². The normalized spacial score (nSPS) is 11.3. The van der Waals surface area contributed by atoms with Crippen LogP contribution >= 0.6 is 11.3 Å². The van der Waals surface area contributed by atoms with Crippen LogP contribution in [0.2, 0.25) is 0 Å². The van der Waals surface area contributed by atoms with E-state index in [-0.39, 0.29) is 5.91 Å². The highest BCUT2D eigenvalue weighted by Gasteiger charge is 2.23. The highest BCUT2D eigenvalue weighted by Crippen LogP contribution is 2.29. The molecule has 0 fully saturated rings. The topological polar surface area (TPSA) is 37.6 Å². The number of hydrogen-bond acceptors (Lipinski definition) is 3. The second-order valence-electron chi connectivity index (χ2n) is 6.95. The Morgan fingerprint density at radius 2 is 1.85 bits per heavy atom. The molecule has 142 valence electrons. The number of fused-ring (bicyclic) bond motifs is 1. The zero-order chi connectivity index (χ0) is 19.4. The first-order chi connectivity index (χ1) is 13.0. The Labute approximate surface area is 165 Å². The number of nitrogens with one attached hydrogen (secondary N) is 1. The van der Waals surface area contributed by atoms with Gasteiger partial charge in [0.15, 0.2) is 5.13 Å². The van der Waals surface area contributed by atoms with Crippen molar-refractivity contribution >= 4 is 32.6 Å². The average molecular weight is 383 g/mol. The van der Waals surface area contributed by atoms with E-state index in [9.17, 15) is 4.79 Å². The lowest BCUT2D eigenvalue weighted by Crippen LogP contribution is -3.12. The Kier molecular flexibility index (Phi) is 6.24. The lowest BCUT2D eigenvalue weighted by molar-refractivity contribution is -0.894. The first-order valence-corrected chi connectivity index (χ1v) is 10.4. The molecule has 0 spiro atoms. The molecule has 0 bridgehead atoms. The maximum absolute atomic E-state index is 13.4. The van der Waals surface area contributed by atoms with Gasteiger partial charge in [0.2, 0.25) is 0 Å². The molecule has 1 heterocycles. The molecule has 0 saturated carbocycles. The first-order valence-electron chi connectivity index (χ1n) is 9.61. The van der Waals surface area contributed by atoms with Gasteiger partial charge in [0.25, 0.3) is 5.91 Å². The first kappa shape index (κ1) is 19.5. The fourth-order valence-electron chi connectivity index (χ4n) is 3.33. The van der Waals surface area contributed by atoms with Gasteiger partial charge in [0.05, 0.1) is 36.4 Å². The number of hydrogen-bond donors (Lipinski definition) is 1. The Morgan fingerprint density at radius 1 is 1.11 bits per heavy atom. The molecular formula is C22H28N3OS+.